The second-order valence-corrected chi connectivity index (χ2v) is 10.4. The number of carbonyl (C=O) groups excluding carboxylic acids is 1. The molecule has 2 aliphatic carbocycles. The van der Waals surface area contributed by atoms with Crippen LogP contribution in [0.5, 0.6) is 11.5 Å². The van der Waals surface area contributed by atoms with Crippen molar-refractivity contribution in [2.45, 2.75) is 51.7 Å². The maximum Gasteiger partial charge on any atom is 0.262 e. The van der Waals surface area contributed by atoms with Crippen molar-refractivity contribution < 1.29 is 24.9 Å². The number of phenolic OH excluding ortho intramolecular Hbond substituents is 1. The number of pyridine rings is 1. The van der Waals surface area contributed by atoms with Crippen LogP contribution in [0, 0.1) is 29.6 Å². The van der Waals surface area contributed by atoms with Crippen LogP contribution in [0.4, 0.5) is 0 Å². The first-order chi connectivity index (χ1) is 16.6. The van der Waals surface area contributed by atoms with Gasteiger partial charge in [-0.15, -0.1) is 0 Å². The van der Waals surface area contributed by atoms with Crippen LogP contribution >= 0.6 is 0 Å². The zero-order valence-corrected chi connectivity index (χ0v) is 20.7. The van der Waals surface area contributed by atoms with Crippen molar-refractivity contribution in [1.82, 2.24) is 4.98 Å². The first kappa shape index (κ1) is 25.2. The van der Waals surface area contributed by atoms with E-state index in [1.54, 1.807) is 19.1 Å². The molecule has 35 heavy (non-hydrogen) atoms. The molecular formula is C28H35NO6. The molecule has 188 valence electrons. The van der Waals surface area contributed by atoms with Crippen LogP contribution in [0.1, 0.15) is 50.4 Å². The van der Waals surface area contributed by atoms with Crippen LogP contribution in [0.15, 0.2) is 47.4 Å². The molecule has 1 aromatic carbocycles. The zero-order chi connectivity index (χ0) is 25.5. The predicted molar refractivity (Wildman–Crippen MR) is 133 cm³/mol. The fourth-order valence-corrected chi connectivity index (χ4v) is 6.58. The number of hydrogen-bond donors (Lipinski definition) is 4. The fourth-order valence-electron chi connectivity index (χ4n) is 6.58. The average Bonchev–Trinajstić information content (AvgIpc) is 2.81. The molecule has 0 unspecified atom stereocenters. The van der Waals surface area contributed by atoms with E-state index >= 15 is 0 Å². The Bertz CT molecular complexity index is 1160. The average molecular weight is 482 g/mol. The highest BCUT2D eigenvalue weighted by atomic mass is 16.5. The van der Waals surface area contributed by atoms with Crippen LogP contribution in [0.2, 0.25) is 0 Å². The minimum Gasteiger partial charge on any atom is -0.508 e. The number of ether oxygens (including phenoxy) is 1. The number of methoxy groups -OCH3 is 1. The number of ketones is 1. The van der Waals surface area contributed by atoms with Crippen molar-refractivity contribution in [3.05, 3.63) is 58.5 Å². The molecule has 7 heteroatoms. The summed E-state index contributed by atoms with van der Waals surface area (Å²) in [6.45, 7) is 5.82. The van der Waals surface area contributed by atoms with Crippen molar-refractivity contribution in [1.29, 1.82) is 0 Å². The van der Waals surface area contributed by atoms with Gasteiger partial charge in [0.15, 0.2) is 5.78 Å². The molecule has 0 radical (unpaired) electrons. The number of fused-ring (bicyclic) bond motifs is 1. The third-order valence-electron chi connectivity index (χ3n) is 8.19. The lowest BCUT2D eigenvalue weighted by Gasteiger charge is -2.56. The van der Waals surface area contributed by atoms with E-state index in [1.165, 1.54) is 25.4 Å². The number of Topliss-reactive ketones (excluding diaryl/α,β-unsaturated/α-hetero) is 1. The van der Waals surface area contributed by atoms with E-state index in [2.05, 4.69) is 11.9 Å². The van der Waals surface area contributed by atoms with E-state index in [9.17, 15) is 24.9 Å². The molecule has 0 spiro atoms. The molecule has 2 aromatic rings. The second kappa shape index (κ2) is 9.63. The Hall–Kier alpha value is -2.90. The van der Waals surface area contributed by atoms with Crippen LogP contribution in [-0.2, 0) is 4.74 Å². The molecule has 0 bridgehead atoms. The van der Waals surface area contributed by atoms with Gasteiger partial charge in [0.2, 0.25) is 0 Å². The molecule has 4 N–H and O–H groups in total. The van der Waals surface area contributed by atoms with Gasteiger partial charge in [0.05, 0.1) is 17.6 Å². The third kappa shape index (κ3) is 4.32. The highest BCUT2D eigenvalue weighted by Gasteiger charge is 2.59. The predicted octanol–water partition coefficient (Wildman–Crippen LogP) is 4.28. The Morgan fingerprint density at radius 3 is 2.51 bits per heavy atom. The number of rotatable bonds is 5. The molecule has 2 fully saturated rings. The molecule has 0 aliphatic heterocycles. The number of aromatic nitrogens is 1. The van der Waals surface area contributed by atoms with Crippen LogP contribution in [0.3, 0.4) is 0 Å². The van der Waals surface area contributed by atoms with Crippen molar-refractivity contribution in [3.63, 3.8) is 0 Å². The maximum absolute atomic E-state index is 14.1. The first-order valence-corrected chi connectivity index (χ1v) is 12.3. The highest BCUT2D eigenvalue weighted by molar-refractivity contribution is 6.02. The van der Waals surface area contributed by atoms with Crippen molar-refractivity contribution in [3.8, 4) is 22.6 Å². The van der Waals surface area contributed by atoms with Gasteiger partial charge in [0, 0.05) is 18.9 Å². The number of aromatic hydroxyl groups is 2. The molecule has 0 saturated heterocycles. The van der Waals surface area contributed by atoms with Gasteiger partial charge in [-0.25, -0.2) is 0 Å². The number of carbonyl (C=O) groups is 1. The van der Waals surface area contributed by atoms with Gasteiger partial charge in [-0.05, 0) is 68.1 Å². The summed E-state index contributed by atoms with van der Waals surface area (Å²) >= 11 is 0. The summed E-state index contributed by atoms with van der Waals surface area (Å²) < 4.78 is 5.80. The van der Waals surface area contributed by atoms with E-state index in [0.717, 1.165) is 19.3 Å². The standard InChI is InChI=1S/C28H35NO6/c1-5-6-18-19-13-15(2)7-12-21(19)28(3,34)26(35-4)22(18)25(32)23-24(31)20(14-29-27(23)33)16-8-10-17(30)11-9-16/h5-6,8-11,14-15,18-19,21-22,26,30,34H,7,12-13H2,1-4H3,(H2,29,31,33)/b6-5+/t15-,18-,19+,21+,22+,26-,28+/m1/s1. The second-order valence-electron chi connectivity index (χ2n) is 10.4. The third-order valence-corrected chi connectivity index (χ3v) is 8.19. The Labute approximate surface area is 205 Å². The quantitative estimate of drug-likeness (QED) is 0.374. The number of hydrogen-bond acceptors (Lipinski definition) is 6. The number of aliphatic hydroxyl groups is 1. The fraction of sp³-hybridized carbons (Fsp3) is 0.500. The van der Waals surface area contributed by atoms with Crippen molar-refractivity contribution in [2.24, 2.45) is 29.6 Å². The summed E-state index contributed by atoms with van der Waals surface area (Å²) in [6.07, 6.45) is 7.13. The van der Waals surface area contributed by atoms with E-state index in [4.69, 9.17) is 4.74 Å². The smallest absolute Gasteiger partial charge is 0.262 e. The number of H-pyrrole nitrogens is 1. The van der Waals surface area contributed by atoms with Gasteiger partial charge in [-0.3, -0.25) is 9.59 Å². The summed E-state index contributed by atoms with van der Waals surface area (Å²) in [5.74, 6) is -1.53. The number of phenols is 1. The molecule has 1 heterocycles. The van der Waals surface area contributed by atoms with Crippen LogP contribution in [-0.4, -0.2) is 44.9 Å². The molecular weight excluding hydrogens is 446 g/mol. The summed E-state index contributed by atoms with van der Waals surface area (Å²) in [5.41, 5.74) is -1.49. The van der Waals surface area contributed by atoms with Crippen molar-refractivity contribution >= 4 is 5.78 Å². The molecule has 2 saturated carbocycles. The lowest BCUT2D eigenvalue weighted by Crippen LogP contribution is -2.63. The van der Waals surface area contributed by atoms with E-state index < -0.39 is 34.7 Å². The number of aromatic amines is 1. The highest BCUT2D eigenvalue weighted by Crippen LogP contribution is 2.54. The SMILES string of the molecule is C/C=C/[C@@H]1[C@@H]2C[C@H](C)CC[C@@H]2[C@](C)(O)[C@H](OC)[C@@H]1C(=O)c1c(O)c(-c2ccc(O)cc2)c[nH]c1=O. The summed E-state index contributed by atoms with van der Waals surface area (Å²) in [6, 6.07) is 6.12. The molecule has 7 nitrogen and oxygen atoms in total. The molecule has 4 rings (SSSR count). The largest absolute Gasteiger partial charge is 0.508 e. The normalized spacial score (nSPS) is 32.9. The minimum atomic E-state index is -1.27. The maximum atomic E-state index is 14.1. The van der Waals surface area contributed by atoms with Gasteiger partial charge in [-0.1, -0.05) is 37.6 Å². The van der Waals surface area contributed by atoms with Gasteiger partial charge >= 0.3 is 0 Å². The number of benzene rings is 1. The van der Waals surface area contributed by atoms with Crippen molar-refractivity contribution in [2.75, 3.05) is 7.11 Å². The van der Waals surface area contributed by atoms with Crippen LogP contribution in [0.25, 0.3) is 11.1 Å². The van der Waals surface area contributed by atoms with E-state index in [1.807, 2.05) is 19.1 Å². The Morgan fingerprint density at radius 2 is 1.89 bits per heavy atom. The van der Waals surface area contributed by atoms with Gasteiger partial charge in [0.25, 0.3) is 5.56 Å². The first-order valence-electron chi connectivity index (χ1n) is 12.3. The molecule has 2 aliphatic rings. The van der Waals surface area contributed by atoms with Crippen LogP contribution < -0.4 is 5.56 Å². The summed E-state index contributed by atoms with van der Waals surface area (Å²) in [5, 5.41) is 32.5. The molecule has 7 atom stereocenters. The monoisotopic (exact) mass is 481 g/mol. The van der Waals surface area contributed by atoms with Gasteiger partial charge < -0.3 is 25.0 Å². The number of allylic oxidation sites excluding steroid dienone is 2. The van der Waals surface area contributed by atoms with E-state index in [0.29, 0.717) is 11.5 Å². The topological polar surface area (TPSA) is 120 Å². The Kier molecular flexibility index (Phi) is 6.93. The molecule has 0 amide bonds. The molecule has 1 aromatic heterocycles. The number of nitrogens with one attached hydrogen (secondary N) is 1. The lowest BCUT2D eigenvalue weighted by atomic mass is 9.52. The Balaban J connectivity index is 1.85. The zero-order valence-electron chi connectivity index (χ0n) is 20.7. The van der Waals surface area contributed by atoms with Gasteiger partial charge in [0.1, 0.15) is 17.1 Å². The van der Waals surface area contributed by atoms with E-state index in [-0.39, 0.29) is 34.6 Å². The Morgan fingerprint density at radius 1 is 1.20 bits per heavy atom. The lowest BCUT2D eigenvalue weighted by molar-refractivity contribution is -0.193. The van der Waals surface area contributed by atoms with Gasteiger partial charge in [-0.2, -0.15) is 0 Å². The summed E-state index contributed by atoms with van der Waals surface area (Å²) in [7, 11) is 1.48. The minimum absolute atomic E-state index is 0.0379. The summed E-state index contributed by atoms with van der Waals surface area (Å²) in [4.78, 5) is 29.6.